The molecule has 5 heteroatoms. The normalized spacial score (nSPS) is 22.5. The number of rotatable bonds is 3. The number of aliphatic hydroxyl groups is 1. The Labute approximate surface area is 101 Å². The van der Waals surface area contributed by atoms with Gasteiger partial charge in [0.2, 0.25) is 0 Å². The molecule has 1 aromatic rings. The lowest BCUT2D eigenvalue weighted by Crippen LogP contribution is -2.47. The Morgan fingerprint density at radius 1 is 1.59 bits per heavy atom. The largest absolute Gasteiger partial charge is 0.393 e. The van der Waals surface area contributed by atoms with Gasteiger partial charge in [-0.3, -0.25) is 0 Å². The number of aryl methyl sites for hydroxylation is 1. The van der Waals surface area contributed by atoms with Crippen molar-refractivity contribution in [3.8, 4) is 0 Å². The predicted octanol–water partition coefficient (Wildman–Crippen LogP) is 0.761. The molecule has 0 aromatic carbocycles. The number of aromatic nitrogens is 2. The van der Waals surface area contributed by atoms with Crippen LogP contribution in [0.25, 0.3) is 0 Å². The van der Waals surface area contributed by atoms with Gasteiger partial charge in [-0.1, -0.05) is 0 Å². The van der Waals surface area contributed by atoms with Crippen LogP contribution in [0.5, 0.6) is 0 Å². The maximum absolute atomic E-state index is 9.51. The number of morpholine rings is 1. The van der Waals surface area contributed by atoms with E-state index in [1.165, 1.54) is 0 Å². The summed E-state index contributed by atoms with van der Waals surface area (Å²) in [5, 5.41) is 9.51. The summed E-state index contributed by atoms with van der Waals surface area (Å²) < 4.78 is 5.47. The number of nitrogens with zero attached hydrogens (tertiary/aromatic N) is 3. The van der Waals surface area contributed by atoms with E-state index in [1.54, 1.807) is 13.3 Å². The number of ether oxygens (including phenoxy) is 1. The molecule has 17 heavy (non-hydrogen) atoms. The van der Waals surface area contributed by atoms with E-state index in [9.17, 15) is 5.11 Å². The van der Waals surface area contributed by atoms with Gasteiger partial charge in [0.05, 0.1) is 25.4 Å². The third kappa shape index (κ3) is 3.14. The predicted molar refractivity (Wildman–Crippen MR) is 65.0 cm³/mol. The fourth-order valence-corrected chi connectivity index (χ4v) is 2.14. The summed E-state index contributed by atoms with van der Waals surface area (Å²) in [4.78, 5) is 10.6. The van der Waals surface area contributed by atoms with Crippen LogP contribution in [0.15, 0.2) is 12.4 Å². The minimum atomic E-state index is -0.327. The summed E-state index contributed by atoms with van der Waals surface area (Å²) in [7, 11) is 0. The number of anilines is 1. The third-order valence-electron chi connectivity index (χ3n) is 2.92. The van der Waals surface area contributed by atoms with Crippen molar-refractivity contribution in [2.24, 2.45) is 0 Å². The molecule has 0 saturated carbocycles. The first-order chi connectivity index (χ1) is 8.16. The summed E-state index contributed by atoms with van der Waals surface area (Å²) in [5.74, 6) is 0.923. The molecule has 0 amide bonds. The van der Waals surface area contributed by atoms with Crippen molar-refractivity contribution >= 4 is 5.82 Å². The molecule has 2 rings (SSSR count). The Bertz CT molecular complexity index is 371. The van der Waals surface area contributed by atoms with Crippen LogP contribution in [0.3, 0.4) is 0 Å². The van der Waals surface area contributed by atoms with Gasteiger partial charge < -0.3 is 14.7 Å². The molecule has 1 saturated heterocycles. The van der Waals surface area contributed by atoms with E-state index in [1.807, 2.05) is 13.0 Å². The molecule has 5 nitrogen and oxygen atoms in total. The number of aliphatic hydroxyl groups excluding tert-OH is 1. The van der Waals surface area contributed by atoms with Gasteiger partial charge >= 0.3 is 0 Å². The Balaban J connectivity index is 2.15. The van der Waals surface area contributed by atoms with Gasteiger partial charge in [0, 0.05) is 18.3 Å². The second-order valence-electron chi connectivity index (χ2n) is 4.52. The van der Waals surface area contributed by atoms with Gasteiger partial charge in [0.25, 0.3) is 0 Å². The lowest BCUT2D eigenvalue weighted by molar-refractivity contribution is 0.0718. The summed E-state index contributed by atoms with van der Waals surface area (Å²) in [5.41, 5.74) is 0.956. The average Bonchev–Trinajstić information content (AvgIpc) is 2.29. The van der Waals surface area contributed by atoms with Crippen LogP contribution in [0.1, 0.15) is 19.0 Å². The van der Waals surface area contributed by atoms with E-state index in [2.05, 4.69) is 14.9 Å². The van der Waals surface area contributed by atoms with Crippen LogP contribution in [0.4, 0.5) is 5.82 Å². The standard InChI is InChI=1S/C12H19N3O2/c1-9-5-12(14-8-13-9)15-3-4-17-7-11(15)6-10(2)16/h5,8,10-11,16H,3-4,6-7H2,1-2H3. The molecule has 1 aromatic heterocycles. The van der Waals surface area contributed by atoms with Crippen molar-refractivity contribution < 1.29 is 9.84 Å². The van der Waals surface area contributed by atoms with Gasteiger partial charge in [-0.15, -0.1) is 0 Å². The second-order valence-corrected chi connectivity index (χ2v) is 4.52. The van der Waals surface area contributed by atoms with Gasteiger partial charge in [0.15, 0.2) is 0 Å². The zero-order valence-corrected chi connectivity index (χ0v) is 10.3. The molecule has 1 aliphatic rings. The molecule has 0 bridgehead atoms. The van der Waals surface area contributed by atoms with Crippen LogP contribution in [0.2, 0.25) is 0 Å². The lowest BCUT2D eigenvalue weighted by Gasteiger charge is -2.37. The first-order valence-electron chi connectivity index (χ1n) is 5.98. The van der Waals surface area contributed by atoms with Crippen LogP contribution >= 0.6 is 0 Å². The summed E-state index contributed by atoms with van der Waals surface area (Å²) in [6.45, 7) is 5.93. The molecular weight excluding hydrogens is 218 g/mol. The van der Waals surface area contributed by atoms with Gasteiger partial charge in [-0.2, -0.15) is 0 Å². The lowest BCUT2D eigenvalue weighted by atomic mass is 10.1. The van der Waals surface area contributed by atoms with Crippen molar-refractivity contribution in [3.63, 3.8) is 0 Å². The van der Waals surface area contributed by atoms with Crippen LogP contribution in [-0.4, -0.2) is 47.0 Å². The molecule has 0 aliphatic carbocycles. The zero-order chi connectivity index (χ0) is 12.3. The Hall–Kier alpha value is -1.20. The molecular formula is C12H19N3O2. The Morgan fingerprint density at radius 2 is 2.41 bits per heavy atom. The Morgan fingerprint density at radius 3 is 3.12 bits per heavy atom. The molecule has 0 spiro atoms. The summed E-state index contributed by atoms with van der Waals surface area (Å²) in [6.07, 6.45) is 1.95. The number of hydrogen-bond acceptors (Lipinski definition) is 5. The maximum Gasteiger partial charge on any atom is 0.132 e. The first kappa shape index (κ1) is 12.3. The molecule has 1 N–H and O–H groups in total. The highest BCUT2D eigenvalue weighted by molar-refractivity contribution is 5.40. The molecule has 2 unspecified atom stereocenters. The fourth-order valence-electron chi connectivity index (χ4n) is 2.14. The van der Waals surface area contributed by atoms with E-state index >= 15 is 0 Å². The van der Waals surface area contributed by atoms with E-state index in [-0.39, 0.29) is 12.1 Å². The highest BCUT2D eigenvalue weighted by Crippen LogP contribution is 2.20. The minimum Gasteiger partial charge on any atom is -0.393 e. The van der Waals surface area contributed by atoms with Crippen LogP contribution < -0.4 is 4.90 Å². The molecule has 2 atom stereocenters. The average molecular weight is 237 g/mol. The first-order valence-corrected chi connectivity index (χ1v) is 5.98. The highest BCUT2D eigenvalue weighted by Gasteiger charge is 2.25. The van der Waals surface area contributed by atoms with E-state index in [0.29, 0.717) is 19.6 Å². The number of hydrogen-bond donors (Lipinski definition) is 1. The van der Waals surface area contributed by atoms with Gasteiger partial charge in [0.1, 0.15) is 12.1 Å². The Kier molecular flexibility index (Phi) is 3.91. The molecule has 1 fully saturated rings. The minimum absolute atomic E-state index is 0.193. The van der Waals surface area contributed by atoms with Gasteiger partial charge in [-0.05, 0) is 20.3 Å². The topological polar surface area (TPSA) is 58.5 Å². The second kappa shape index (κ2) is 5.42. The third-order valence-corrected chi connectivity index (χ3v) is 2.92. The van der Waals surface area contributed by atoms with E-state index in [4.69, 9.17) is 4.74 Å². The quantitative estimate of drug-likeness (QED) is 0.841. The monoisotopic (exact) mass is 237 g/mol. The molecule has 94 valence electrons. The molecule has 1 aliphatic heterocycles. The smallest absolute Gasteiger partial charge is 0.132 e. The van der Waals surface area contributed by atoms with Crippen LogP contribution in [0, 0.1) is 6.92 Å². The van der Waals surface area contributed by atoms with Crippen LogP contribution in [-0.2, 0) is 4.74 Å². The van der Waals surface area contributed by atoms with Gasteiger partial charge in [-0.25, -0.2) is 9.97 Å². The fraction of sp³-hybridized carbons (Fsp3) is 0.667. The SMILES string of the molecule is Cc1cc(N2CCOCC2CC(C)O)ncn1. The maximum atomic E-state index is 9.51. The zero-order valence-electron chi connectivity index (χ0n) is 10.3. The highest BCUT2D eigenvalue weighted by atomic mass is 16.5. The summed E-state index contributed by atoms with van der Waals surface area (Å²) >= 11 is 0. The van der Waals surface area contributed by atoms with Crippen molar-refractivity contribution in [2.45, 2.75) is 32.4 Å². The van der Waals surface area contributed by atoms with E-state index < -0.39 is 0 Å². The van der Waals surface area contributed by atoms with Crippen molar-refractivity contribution in [2.75, 3.05) is 24.7 Å². The van der Waals surface area contributed by atoms with Crippen molar-refractivity contribution in [1.29, 1.82) is 0 Å². The van der Waals surface area contributed by atoms with Crippen molar-refractivity contribution in [1.82, 2.24) is 9.97 Å². The molecule has 0 radical (unpaired) electrons. The van der Waals surface area contributed by atoms with E-state index in [0.717, 1.165) is 18.1 Å². The summed E-state index contributed by atoms with van der Waals surface area (Å²) in [6, 6.07) is 2.17. The van der Waals surface area contributed by atoms with Crippen molar-refractivity contribution in [3.05, 3.63) is 18.1 Å². The molecule has 2 heterocycles.